The number of nitrogens with one attached hydrogen (secondary N) is 1. The van der Waals surface area contributed by atoms with Gasteiger partial charge in [0.15, 0.2) is 5.76 Å². The zero-order chi connectivity index (χ0) is 21.6. The van der Waals surface area contributed by atoms with E-state index in [0.717, 1.165) is 48.0 Å². The van der Waals surface area contributed by atoms with Crippen molar-refractivity contribution in [2.75, 3.05) is 19.0 Å². The third-order valence-electron chi connectivity index (χ3n) is 5.77. The molecule has 0 radical (unpaired) electrons. The zero-order valence-electron chi connectivity index (χ0n) is 18.1. The van der Waals surface area contributed by atoms with Crippen molar-refractivity contribution >= 4 is 11.6 Å². The predicted molar refractivity (Wildman–Crippen MR) is 121 cm³/mol. The molecule has 1 saturated heterocycles. The van der Waals surface area contributed by atoms with Crippen LogP contribution in [0.3, 0.4) is 0 Å². The number of rotatable bonds is 6. The minimum atomic E-state index is -0.0565. The van der Waals surface area contributed by atoms with Gasteiger partial charge in [-0.2, -0.15) is 0 Å². The third-order valence-corrected chi connectivity index (χ3v) is 5.77. The Bertz CT molecular complexity index is 996. The molecule has 1 aromatic heterocycles. The van der Waals surface area contributed by atoms with Gasteiger partial charge in [-0.05, 0) is 61.3 Å². The van der Waals surface area contributed by atoms with Gasteiger partial charge in [0.25, 0.3) is 0 Å². The first-order valence-corrected chi connectivity index (χ1v) is 10.8. The Balaban J connectivity index is 1.51. The van der Waals surface area contributed by atoms with Crippen LogP contribution in [-0.2, 0) is 11.3 Å². The van der Waals surface area contributed by atoms with Gasteiger partial charge in [0.1, 0.15) is 11.4 Å². The van der Waals surface area contributed by atoms with E-state index in [1.54, 1.807) is 7.11 Å². The maximum absolute atomic E-state index is 11.2. The lowest BCUT2D eigenvalue weighted by Crippen LogP contribution is -2.28. The highest BCUT2D eigenvalue weighted by molar-refractivity contribution is 5.88. The normalized spacial score (nSPS) is 17.2. The average molecular weight is 420 g/mol. The summed E-state index contributed by atoms with van der Waals surface area (Å²) < 4.78 is 11.0. The zero-order valence-corrected chi connectivity index (χ0v) is 18.1. The lowest BCUT2D eigenvalue weighted by atomic mass is 10.0. The van der Waals surface area contributed by atoms with E-state index in [0.29, 0.717) is 0 Å². The SMILES string of the molecule is COc1ccc(-c2cc(C3CCCCCN3Cc3ccc(NC(C)=O)cc3)no2)cc1. The molecule has 3 aromatic rings. The van der Waals surface area contributed by atoms with E-state index in [1.165, 1.54) is 31.7 Å². The van der Waals surface area contributed by atoms with Crippen LogP contribution in [0.4, 0.5) is 5.69 Å². The fraction of sp³-hybridized carbons (Fsp3) is 0.360. The first-order valence-electron chi connectivity index (χ1n) is 10.8. The molecular formula is C25H29N3O3. The molecule has 31 heavy (non-hydrogen) atoms. The van der Waals surface area contributed by atoms with E-state index in [9.17, 15) is 4.79 Å². The Morgan fingerprint density at radius 1 is 1.13 bits per heavy atom. The van der Waals surface area contributed by atoms with Crippen LogP contribution in [0.25, 0.3) is 11.3 Å². The van der Waals surface area contributed by atoms with Gasteiger partial charge in [-0.1, -0.05) is 30.1 Å². The van der Waals surface area contributed by atoms with Crippen molar-refractivity contribution < 1.29 is 14.1 Å². The van der Waals surface area contributed by atoms with Crippen molar-refractivity contribution in [3.8, 4) is 17.1 Å². The fourth-order valence-corrected chi connectivity index (χ4v) is 4.16. The van der Waals surface area contributed by atoms with Gasteiger partial charge in [0.2, 0.25) is 5.91 Å². The number of hydrogen-bond donors (Lipinski definition) is 1. The first-order chi connectivity index (χ1) is 15.1. The molecular weight excluding hydrogens is 390 g/mol. The van der Waals surface area contributed by atoms with E-state index in [4.69, 9.17) is 9.26 Å². The summed E-state index contributed by atoms with van der Waals surface area (Å²) in [5.74, 6) is 1.54. The van der Waals surface area contributed by atoms with Crippen molar-refractivity contribution in [3.63, 3.8) is 0 Å². The number of aromatic nitrogens is 1. The van der Waals surface area contributed by atoms with E-state index in [1.807, 2.05) is 36.4 Å². The summed E-state index contributed by atoms with van der Waals surface area (Å²) in [6.07, 6.45) is 4.67. The van der Waals surface area contributed by atoms with E-state index in [-0.39, 0.29) is 11.9 Å². The Kier molecular flexibility index (Phi) is 6.67. The molecule has 162 valence electrons. The van der Waals surface area contributed by atoms with Gasteiger partial charge >= 0.3 is 0 Å². The molecule has 2 heterocycles. The Hall–Kier alpha value is -3.12. The number of anilines is 1. The smallest absolute Gasteiger partial charge is 0.221 e. The lowest BCUT2D eigenvalue weighted by molar-refractivity contribution is -0.114. The molecule has 0 saturated carbocycles. The summed E-state index contributed by atoms with van der Waals surface area (Å²) in [6, 6.07) is 18.2. The number of carbonyl (C=O) groups is 1. The molecule has 1 atom stereocenters. The van der Waals surface area contributed by atoms with E-state index < -0.39 is 0 Å². The highest BCUT2D eigenvalue weighted by Crippen LogP contribution is 2.33. The number of nitrogens with zero attached hydrogens (tertiary/aromatic N) is 2. The maximum atomic E-state index is 11.2. The fourth-order valence-electron chi connectivity index (χ4n) is 4.16. The molecule has 6 nitrogen and oxygen atoms in total. The van der Waals surface area contributed by atoms with Crippen LogP contribution >= 0.6 is 0 Å². The highest BCUT2D eigenvalue weighted by Gasteiger charge is 2.26. The van der Waals surface area contributed by atoms with Crippen LogP contribution in [0.5, 0.6) is 5.75 Å². The van der Waals surface area contributed by atoms with Crippen molar-refractivity contribution in [1.29, 1.82) is 0 Å². The number of likely N-dealkylation sites (tertiary alicyclic amines) is 1. The van der Waals surface area contributed by atoms with Crippen molar-refractivity contribution in [2.45, 2.75) is 45.2 Å². The predicted octanol–water partition coefficient (Wildman–Crippen LogP) is 5.43. The quantitative estimate of drug-likeness (QED) is 0.577. The second-order valence-electron chi connectivity index (χ2n) is 8.06. The van der Waals surface area contributed by atoms with Crippen molar-refractivity contribution in [1.82, 2.24) is 10.1 Å². The summed E-state index contributed by atoms with van der Waals surface area (Å²) in [5, 5.41) is 7.27. The van der Waals surface area contributed by atoms with Gasteiger partial charge in [0, 0.05) is 30.8 Å². The molecule has 0 bridgehead atoms. The van der Waals surface area contributed by atoms with E-state index >= 15 is 0 Å². The topological polar surface area (TPSA) is 67.6 Å². The minimum Gasteiger partial charge on any atom is -0.497 e. The van der Waals surface area contributed by atoms with Crippen LogP contribution in [-0.4, -0.2) is 29.6 Å². The largest absolute Gasteiger partial charge is 0.497 e. The molecule has 1 aliphatic heterocycles. The summed E-state index contributed by atoms with van der Waals surface area (Å²) >= 11 is 0. The van der Waals surface area contributed by atoms with E-state index in [2.05, 4.69) is 33.6 Å². The molecule has 4 rings (SSSR count). The minimum absolute atomic E-state index is 0.0565. The average Bonchev–Trinajstić information content (AvgIpc) is 3.15. The van der Waals surface area contributed by atoms with Crippen molar-refractivity contribution in [3.05, 3.63) is 65.9 Å². The van der Waals surface area contributed by atoms with Crippen LogP contribution < -0.4 is 10.1 Å². The summed E-state index contributed by atoms with van der Waals surface area (Å²) in [7, 11) is 1.66. The maximum Gasteiger partial charge on any atom is 0.221 e. The second kappa shape index (κ2) is 9.79. The molecule has 1 aliphatic rings. The van der Waals surface area contributed by atoms with Crippen molar-refractivity contribution in [2.24, 2.45) is 0 Å². The molecule has 1 amide bonds. The Morgan fingerprint density at radius 3 is 2.61 bits per heavy atom. The summed E-state index contributed by atoms with van der Waals surface area (Å²) in [6.45, 7) is 3.40. The molecule has 1 N–H and O–H groups in total. The monoisotopic (exact) mass is 419 g/mol. The lowest BCUT2D eigenvalue weighted by Gasteiger charge is -2.28. The Morgan fingerprint density at radius 2 is 1.90 bits per heavy atom. The molecule has 0 spiro atoms. The number of benzene rings is 2. The van der Waals surface area contributed by atoms with Gasteiger partial charge in [0.05, 0.1) is 13.2 Å². The Labute approximate surface area is 183 Å². The molecule has 1 unspecified atom stereocenters. The molecule has 2 aromatic carbocycles. The first kappa shape index (κ1) is 21.1. The van der Waals surface area contributed by atoms with Crippen LogP contribution in [0, 0.1) is 0 Å². The molecule has 0 aliphatic carbocycles. The standard InChI is InChI=1S/C25H29N3O3/c1-18(29)26-21-11-7-19(8-12-21)17-28-15-5-3-4-6-24(28)23-16-25(31-27-23)20-9-13-22(30-2)14-10-20/h7-14,16,24H,3-6,15,17H2,1-2H3,(H,26,29). The second-order valence-corrected chi connectivity index (χ2v) is 8.06. The van der Waals surface area contributed by atoms with Gasteiger partial charge in [-0.3, -0.25) is 9.69 Å². The molecule has 6 heteroatoms. The summed E-state index contributed by atoms with van der Waals surface area (Å²) in [4.78, 5) is 13.7. The van der Waals surface area contributed by atoms with Gasteiger partial charge < -0.3 is 14.6 Å². The number of carbonyl (C=O) groups excluding carboxylic acids is 1. The summed E-state index contributed by atoms with van der Waals surface area (Å²) in [5.41, 5.74) is 4.03. The third kappa shape index (κ3) is 5.33. The van der Waals surface area contributed by atoms with Crippen LogP contribution in [0.15, 0.2) is 59.1 Å². The van der Waals surface area contributed by atoms with Crippen LogP contribution in [0.2, 0.25) is 0 Å². The van der Waals surface area contributed by atoms with Gasteiger partial charge in [-0.15, -0.1) is 0 Å². The number of methoxy groups -OCH3 is 1. The number of ether oxygens (including phenoxy) is 1. The van der Waals surface area contributed by atoms with Crippen LogP contribution in [0.1, 0.15) is 49.9 Å². The number of amides is 1. The highest BCUT2D eigenvalue weighted by atomic mass is 16.5. The number of hydrogen-bond acceptors (Lipinski definition) is 5. The van der Waals surface area contributed by atoms with Gasteiger partial charge in [-0.25, -0.2) is 0 Å². The molecule has 1 fully saturated rings.